The highest BCUT2D eigenvalue weighted by Gasteiger charge is 2.30. The van der Waals surface area contributed by atoms with Gasteiger partial charge in [0.15, 0.2) is 0 Å². The highest BCUT2D eigenvalue weighted by molar-refractivity contribution is 5.62. The van der Waals surface area contributed by atoms with Crippen LogP contribution in [0.15, 0.2) is 29.8 Å². The molecular formula is C20H23N. The Hall–Kier alpha value is -2.12. The zero-order valence-corrected chi connectivity index (χ0v) is 13.5. The van der Waals surface area contributed by atoms with Crippen molar-refractivity contribution in [3.63, 3.8) is 0 Å². The molecule has 0 unspecified atom stereocenters. The van der Waals surface area contributed by atoms with Crippen molar-refractivity contribution in [1.82, 2.24) is 0 Å². The third-order valence-corrected chi connectivity index (χ3v) is 4.19. The van der Waals surface area contributed by atoms with E-state index in [1.54, 1.807) is 0 Å². The van der Waals surface area contributed by atoms with E-state index in [4.69, 9.17) is 6.42 Å². The molecule has 0 fully saturated rings. The van der Waals surface area contributed by atoms with Gasteiger partial charge < -0.3 is 4.90 Å². The van der Waals surface area contributed by atoms with Crippen LogP contribution in [0, 0.1) is 24.2 Å². The first kappa shape index (κ1) is 15.3. The Balaban J connectivity index is 2.45. The monoisotopic (exact) mass is 277 g/mol. The third kappa shape index (κ3) is 3.32. The Bertz CT molecular complexity index is 659. The molecule has 0 amide bonds. The Labute approximate surface area is 129 Å². The summed E-state index contributed by atoms with van der Waals surface area (Å²) in [5.41, 5.74) is 4.96. The van der Waals surface area contributed by atoms with Crippen LogP contribution in [0.3, 0.4) is 0 Å². The molecule has 0 saturated heterocycles. The Morgan fingerprint density at radius 2 is 2.19 bits per heavy atom. The van der Waals surface area contributed by atoms with E-state index in [1.807, 2.05) is 19.9 Å². The minimum atomic E-state index is 0.174. The van der Waals surface area contributed by atoms with E-state index in [-0.39, 0.29) is 5.41 Å². The second-order valence-corrected chi connectivity index (χ2v) is 6.21. The predicted octanol–water partition coefficient (Wildman–Crippen LogP) is 4.13. The highest BCUT2D eigenvalue weighted by atomic mass is 15.1. The number of anilines is 1. The summed E-state index contributed by atoms with van der Waals surface area (Å²) in [5, 5.41) is 0. The Morgan fingerprint density at radius 1 is 1.43 bits per heavy atom. The van der Waals surface area contributed by atoms with E-state index >= 15 is 0 Å². The van der Waals surface area contributed by atoms with Gasteiger partial charge in [-0.3, -0.25) is 0 Å². The summed E-state index contributed by atoms with van der Waals surface area (Å²) in [6.07, 6.45) is 8.64. The number of nitrogens with zero attached hydrogens (tertiary/aromatic N) is 1. The Kier molecular flexibility index (Phi) is 4.44. The first-order chi connectivity index (χ1) is 9.97. The quantitative estimate of drug-likeness (QED) is 0.698. The molecule has 1 aliphatic heterocycles. The zero-order chi connectivity index (χ0) is 15.5. The summed E-state index contributed by atoms with van der Waals surface area (Å²) in [4.78, 5) is 2.29. The maximum Gasteiger partial charge on any atom is 0.0791 e. The lowest BCUT2D eigenvalue weighted by molar-refractivity contribution is 0.459. The van der Waals surface area contributed by atoms with Crippen LogP contribution < -0.4 is 4.90 Å². The standard InChI is InChI=1S/C20H23N/c1-6-13-21-14-12-20(4,5)18-15-17(10-11-19(18)21)9-8-16(3)7-2/h1,7,10-11,15H,12-14H2,2-5H3/b16-7+. The Morgan fingerprint density at radius 3 is 2.86 bits per heavy atom. The molecule has 0 bridgehead atoms. The molecule has 1 aliphatic rings. The van der Waals surface area contributed by atoms with Gasteiger partial charge in [0.2, 0.25) is 0 Å². The van der Waals surface area contributed by atoms with E-state index in [0.717, 1.165) is 24.1 Å². The van der Waals surface area contributed by atoms with Gasteiger partial charge in [-0.15, -0.1) is 6.42 Å². The molecule has 2 rings (SSSR count). The van der Waals surface area contributed by atoms with E-state index in [0.29, 0.717) is 6.54 Å². The fraction of sp³-hybridized carbons (Fsp3) is 0.400. The highest BCUT2D eigenvalue weighted by Crippen LogP contribution is 2.39. The van der Waals surface area contributed by atoms with E-state index in [2.05, 4.69) is 54.7 Å². The van der Waals surface area contributed by atoms with Gasteiger partial charge in [0, 0.05) is 17.8 Å². The van der Waals surface area contributed by atoms with Crippen LogP contribution in [0.4, 0.5) is 5.69 Å². The van der Waals surface area contributed by atoms with Crippen molar-refractivity contribution in [3.8, 4) is 24.2 Å². The van der Waals surface area contributed by atoms with Crippen LogP contribution in [-0.2, 0) is 5.41 Å². The summed E-state index contributed by atoms with van der Waals surface area (Å²) in [6.45, 7) is 10.3. The van der Waals surface area contributed by atoms with Crippen molar-refractivity contribution in [1.29, 1.82) is 0 Å². The van der Waals surface area contributed by atoms with Gasteiger partial charge in [0.05, 0.1) is 6.54 Å². The van der Waals surface area contributed by atoms with Gasteiger partial charge in [0.1, 0.15) is 0 Å². The molecule has 1 heteroatoms. The predicted molar refractivity (Wildman–Crippen MR) is 91.4 cm³/mol. The summed E-state index contributed by atoms with van der Waals surface area (Å²) in [6, 6.07) is 6.50. The maximum atomic E-state index is 5.49. The van der Waals surface area contributed by atoms with E-state index in [9.17, 15) is 0 Å². The third-order valence-electron chi connectivity index (χ3n) is 4.19. The fourth-order valence-electron chi connectivity index (χ4n) is 2.62. The van der Waals surface area contributed by atoms with Crippen LogP contribution in [0.25, 0.3) is 0 Å². The molecule has 1 nitrogen and oxygen atoms in total. The van der Waals surface area contributed by atoms with Gasteiger partial charge >= 0.3 is 0 Å². The number of fused-ring (bicyclic) bond motifs is 1. The fourth-order valence-corrected chi connectivity index (χ4v) is 2.62. The van der Waals surface area contributed by atoms with Crippen LogP contribution in [-0.4, -0.2) is 13.1 Å². The van der Waals surface area contributed by atoms with Crippen LogP contribution in [0.5, 0.6) is 0 Å². The van der Waals surface area contributed by atoms with Crippen molar-refractivity contribution in [2.75, 3.05) is 18.0 Å². The molecule has 21 heavy (non-hydrogen) atoms. The molecule has 1 aromatic carbocycles. The largest absolute Gasteiger partial charge is 0.360 e. The zero-order valence-electron chi connectivity index (χ0n) is 13.5. The molecular weight excluding hydrogens is 254 g/mol. The summed E-state index contributed by atoms with van der Waals surface area (Å²) >= 11 is 0. The number of allylic oxidation sites excluding steroid dienone is 2. The van der Waals surface area contributed by atoms with Crippen molar-refractivity contribution in [2.24, 2.45) is 0 Å². The average molecular weight is 277 g/mol. The van der Waals surface area contributed by atoms with E-state index in [1.165, 1.54) is 11.3 Å². The minimum Gasteiger partial charge on any atom is -0.360 e. The molecule has 1 heterocycles. The van der Waals surface area contributed by atoms with Crippen LogP contribution in [0.2, 0.25) is 0 Å². The number of rotatable bonds is 1. The molecule has 108 valence electrons. The molecule has 0 aromatic heterocycles. The lowest BCUT2D eigenvalue weighted by Crippen LogP contribution is -2.37. The molecule has 0 saturated carbocycles. The normalized spacial score (nSPS) is 16.5. The summed E-state index contributed by atoms with van der Waals surface area (Å²) in [5.74, 6) is 9.20. The lowest BCUT2D eigenvalue weighted by Gasteiger charge is -2.39. The summed E-state index contributed by atoms with van der Waals surface area (Å²) < 4.78 is 0. The van der Waals surface area contributed by atoms with Gasteiger partial charge in [-0.1, -0.05) is 37.7 Å². The molecule has 0 radical (unpaired) electrons. The van der Waals surface area contributed by atoms with Gasteiger partial charge in [0.25, 0.3) is 0 Å². The number of benzene rings is 1. The van der Waals surface area contributed by atoms with Gasteiger partial charge in [-0.2, -0.15) is 0 Å². The van der Waals surface area contributed by atoms with E-state index < -0.39 is 0 Å². The topological polar surface area (TPSA) is 3.24 Å². The average Bonchev–Trinajstić information content (AvgIpc) is 2.48. The van der Waals surface area contributed by atoms with Crippen LogP contribution >= 0.6 is 0 Å². The van der Waals surface area contributed by atoms with Crippen molar-refractivity contribution < 1.29 is 0 Å². The molecule has 0 aliphatic carbocycles. The van der Waals surface area contributed by atoms with Crippen molar-refractivity contribution in [2.45, 2.75) is 39.5 Å². The lowest BCUT2D eigenvalue weighted by atomic mass is 9.77. The number of terminal acetylenes is 1. The van der Waals surface area contributed by atoms with Crippen LogP contribution in [0.1, 0.15) is 45.2 Å². The molecule has 1 aromatic rings. The van der Waals surface area contributed by atoms with Gasteiger partial charge in [-0.25, -0.2) is 0 Å². The van der Waals surface area contributed by atoms with Gasteiger partial charge in [-0.05, 0) is 55.0 Å². The molecule has 0 spiro atoms. The number of hydrogen-bond acceptors (Lipinski definition) is 1. The first-order valence-electron chi connectivity index (χ1n) is 7.46. The van der Waals surface area contributed by atoms with Crippen molar-refractivity contribution >= 4 is 5.69 Å². The smallest absolute Gasteiger partial charge is 0.0791 e. The molecule has 0 atom stereocenters. The second-order valence-electron chi connectivity index (χ2n) is 6.21. The minimum absolute atomic E-state index is 0.174. The maximum absolute atomic E-state index is 5.49. The SMILES string of the molecule is C#CCN1CCC(C)(C)c2cc(C#C/C(C)=C/C)ccc21. The second kappa shape index (κ2) is 6.11. The number of hydrogen-bond donors (Lipinski definition) is 0. The first-order valence-corrected chi connectivity index (χ1v) is 7.46. The molecule has 0 N–H and O–H groups in total. The van der Waals surface area contributed by atoms with Crippen molar-refractivity contribution in [3.05, 3.63) is 41.0 Å². The summed E-state index contributed by atoms with van der Waals surface area (Å²) in [7, 11) is 0.